The van der Waals surface area contributed by atoms with E-state index in [9.17, 15) is 18.7 Å². The number of fused-ring (bicyclic) bond motifs is 1. The fourth-order valence-corrected chi connectivity index (χ4v) is 4.49. The summed E-state index contributed by atoms with van der Waals surface area (Å²) in [6, 6.07) is 1.43. The lowest BCUT2D eigenvalue weighted by Crippen LogP contribution is -2.29. The Balaban J connectivity index is 1.76. The number of aliphatic hydroxyl groups excluding tert-OH is 1. The van der Waals surface area contributed by atoms with E-state index >= 15 is 0 Å². The van der Waals surface area contributed by atoms with E-state index in [0.717, 1.165) is 12.1 Å². The summed E-state index contributed by atoms with van der Waals surface area (Å²) in [7, 11) is 0. The molecule has 1 aliphatic carbocycles. The molecule has 0 radical (unpaired) electrons. The largest absolute Gasteiger partial charge is 0.394 e. The summed E-state index contributed by atoms with van der Waals surface area (Å²) in [4.78, 5) is 25.1. The molecule has 1 aliphatic rings. The number of aromatic nitrogens is 4. The molecule has 1 atom stereocenters. The number of halogens is 3. The van der Waals surface area contributed by atoms with E-state index in [0.29, 0.717) is 49.2 Å². The minimum atomic E-state index is -0.858. The van der Waals surface area contributed by atoms with Gasteiger partial charge < -0.3 is 21.5 Å². The van der Waals surface area contributed by atoms with Crippen molar-refractivity contribution in [2.75, 3.05) is 17.2 Å². The number of aliphatic hydroxyl groups is 1. The van der Waals surface area contributed by atoms with Gasteiger partial charge in [0.15, 0.2) is 11.5 Å². The Hall–Kier alpha value is -3.05. The number of nitrogens with zero attached hydrogens (tertiary/aromatic N) is 4. The number of amides is 1. The van der Waals surface area contributed by atoms with Crippen LogP contribution in [0.25, 0.3) is 11.2 Å². The average Bonchev–Trinajstić information content (AvgIpc) is 3.17. The molecule has 0 saturated heterocycles. The molecule has 4 rings (SSSR count). The highest BCUT2D eigenvalue weighted by Gasteiger charge is 2.29. The summed E-state index contributed by atoms with van der Waals surface area (Å²) >= 11 is 6.10. The number of benzene rings is 1. The van der Waals surface area contributed by atoms with Gasteiger partial charge in [-0.2, -0.15) is 4.98 Å². The van der Waals surface area contributed by atoms with Crippen molar-refractivity contribution in [1.29, 1.82) is 0 Å². The van der Waals surface area contributed by atoms with E-state index in [4.69, 9.17) is 17.3 Å². The number of primary amides is 1. The van der Waals surface area contributed by atoms with Crippen LogP contribution in [0.2, 0.25) is 5.02 Å². The van der Waals surface area contributed by atoms with Crippen molar-refractivity contribution in [3.63, 3.8) is 0 Å². The average molecular weight is 494 g/mol. The zero-order valence-corrected chi connectivity index (χ0v) is 19.3. The van der Waals surface area contributed by atoms with Crippen LogP contribution in [0.3, 0.4) is 0 Å². The van der Waals surface area contributed by atoms with Crippen molar-refractivity contribution in [3.05, 3.63) is 35.0 Å². The van der Waals surface area contributed by atoms with Crippen molar-refractivity contribution < 1.29 is 18.7 Å². The Morgan fingerprint density at radius 2 is 2.03 bits per heavy atom. The Morgan fingerprint density at radius 1 is 1.29 bits per heavy atom. The molecule has 12 heteroatoms. The molecule has 0 bridgehead atoms. The molecular weight excluding hydrogens is 468 g/mol. The molecule has 0 aliphatic heterocycles. The van der Waals surface area contributed by atoms with Gasteiger partial charge >= 0.3 is 0 Å². The smallest absolute Gasteiger partial charge is 0.225 e. The van der Waals surface area contributed by atoms with Crippen molar-refractivity contribution in [2.24, 2.45) is 11.7 Å². The van der Waals surface area contributed by atoms with Gasteiger partial charge in [0.1, 0.15) is 11.3 Å². The van der Waals surface area contributed by atoms with Gasteiger partial charge in [0, 0.05) is 18.0 Å². The topological polar surface area (TPSA) is 131 Å². The zero-order chi connectivity index (χ0) is 24.4. The SMILES string of the molecule is CC[C@@H](CO)Nc1ncc2nc(Nc3c(F)cc(F)cc3Cl)n(C3CCC(C(N)=O)CC3)c2n1. The predicted molar refractivity (Wildman–Crippen MR) is 125 cm³/mol. The number of imidazole rings is 1. The quantitative estimate of drug-likeness (QED) is 0.374. The number of nitrogens with two attached hydrogens (primary N) is 1. The molecule has 5 N–H and O–H groups in total. The van der Waals surface area contributed by atoms with Crippen LogP contribution < -0.4 is 16.4 Å². The first kappa shape index (κ1) is 24.1. The maximum atomic E-state index is 14.5. The second kappa shape index (κ2) is 10.1. The van der Waals surface area contributed by atoms with E-state index in [1.807, 2.05) is 11.5 Å². The number of nitrogens with one attached hydrogen (secondary N) is 2. The number of hydrogen-bond acceptors (Lipinski definition) is 7. The highest BCUT2D eigenvalue weighted by Crippen LogP contribution is 2.38. The molecule has 1 fully saturated rings. The Morgan fingerprint density at radius 3 is 2.65 bits per heavy atom. The number of carbonyl (C=O) groups excluding carboxylic acids is 1. The fourth-order valence-electron chi connectivity index (χ4n) is 4.25. The highest BCUT2D eigenvalue weighted by molar-refractivity contribution is 6.33. The molecule has 34 heavy (non-hydrogen) atoms. The van der Waals surface area contributed by atoms with Crippen LogP contribution in [0.5, 0.6) is 0 Å². The number of anilines is 3. The third-order valence-electron chi connectivity index (χ3n) is 6.19. The molecular formula is C22H26ClF2N7O2. The molecule has 3 aromatic rings. The third kappa shape index (κ3) is 4.90. The first-order valence-corrected chi connectivity index (χ1v) is 11.5. The Bertz CT molecular complexity index is 1170. The first-order chi connectivity index (χ1) is 16.3. The highest BCUT2D eigenvalue weighted by atomic mass is 35.5. The third-order valence-corrected chi connectivity index (χ3v) is 6.49. The van der Waals surface area contributed by atoms with Crippen LogP contribution in [0.1, 0.15) is 45.1 Å². The van der Waals surface area contributed by atoms with E-state index in [2.05, 4.69) is 25.6 Å². The second-order valence-electron chi connectivity index (χ2n) is 8.42. The Kier molecular flexibility index (Phi) is 7.13. The molecule has 2 heterocycles. The number of rotatable bonds is 8. The predicted octanol–water partition coefficient (Wildman–Crippen LogP) is 3.90. The van der Waals surface area contributed by atoms with Crippen molar-refractivity contribution in [2.45, 2.75) is 51.1 Å². The lowest BCUT2D eigenvalue weighted by atomic mass is 9.85. The fraction of sp³-hybridized carbons (Fsp3) is 0.455. The van der Waals surface area contributed by atoms with Gasteiger partial charge in [0.2, 0.25) is 17.8 Å². The van der Waals surface area contributed by atoms with Crippen molar-refractivity contribution in [1.82, 2.24) is 19.5 Å². The lowest BCUT2D eigenvalue weighted by molar-refractivity contribution is -0.122. The number of carbonyl (C=O) groups is 1. The molecule has 1 saturated carbocycles. The molecule has 9 nitrogen and oxygen atoms in total. The second-order valence-corrected chi connectivity index (χ2v) is 8.82. The number of hydrogen-bond donors (Lipinski definition) is 4. The molecule has 2 aromatic heterocycles. The van der Waals surface area contributed by atoms with Gasteiger partial charge in [-0.15, -0.1) is 0 Å². The van der Waals surface area contributed by atoms with Gasteiger partial charge in [-0.3, -0.25) is 9.36 Å². The lowest BCUT2D eigenvalue weighted by Gasteiger charge is -2.29. The summed E-state index contributed by atoms with van der Waals surface area (Å²) in [5, 5.41) is 15.4. The minimum Gasteiger partial charge on any atom is -0.394 e. The van der Waals surface area contributed by atoms with Crippen molar-refractivity contribution >= 4 is 46.3 Å². The van der Waals surface area contributed by atoms with Gasteiger partial charge in [0.05, 0.1) is 29.6 Å². The van der Waals surface area contributed by atoms with E-state index in [1.165, 1.54) is 6.20 Å². The van der Waals surface area contributed by atoms with Gasteiger partial charge in [-0.05, 0) is 38.2 Å². The van der Waals surface area contributed by atoms with Crippen LogP contribution in [-0.2, 0) is 4.79 Å². The summed E-state index contributed by atoms with van der Waals surface area (Å²) in [6.07, 6.45) is 4.67. The van der Waals surface area contributed by atoms with Gasteiger partial charge in [0.25, 0.3) is 0 Å². The molecule has 1 amide bonds. The molecule has 182 valence electrons. The van der Waals surface area contributed by atoms with Crippen molar-refractivity contribution in [3.8, 4) is 0 Å². The summed E-state index contributed by atoms with van der Waals surface area (Å²) in [5.74, 6) is -1.59. The van der Waals surface area contributed by atoms with E-state index < -0.39 is 11.6 Å². The standard InChI is InChI=1S/C22H26ClF2N7O2/c1-2-13(10-33)28-21-27-9-17-20(31-21)32(14-5-3-11(4-6-14)19(26)34)22(29-17)30-18-15(23)7-12(24)8-16(18)25/h7-9,11,13-14,33H,2-6,10H2,1H3,(H2,26,34)(H,29,30)(H,27,28,31)/t11?,13-,14?/m0/s1. The van der Waals surface area contributed by atoms with E-state index in [-0.39, 0.29) is 47.2 Å². The summed E-state index contributed by atoms with van der Waals surface area (Å²) in [5.41, 5.74) is 6.33. The van der Waals surface area contributed by atoms with Crippen LogP contribution in [0.15, 0.2) is 18.3 Å². The van der Waals surface area contributed by atoms with Crippen LogP contribution in [-0.4, -0.2) is 43.2 Å². The molecule has 0 spiro atoms. The van der Waals surface area contributed by atoms with Crippen LogP contribution in [0.4, 0.5) is 26.4 Å². The zero-order valence-electron chi connectivity index (χ0n) is 18.6. The normalized spacial score (nSPS) is 19.2. The summed E-state index contributed by atoms with van der Waals surface area (Å²) < 4.78 is 29.9. The minimum absolute atomic E-state index is 0.0799. The Labute approximate surface area is 199 Å². The van der Waals surface area contributed by atoms with Crippen LogP contribution in [0, 0.1) is 17.6 Å². The van der Waals surface area contributed by atoms with E-state index in [1.54, 1.807) is 0 Å². The van der Waals surface area contributed by atoms with Gasteiger partial charge in [-0.25, -0.2) is 18.7 Å². The first-order valence-electron chi connectivity index (χ1n) is 11.1. The van der Waals surface area contributed by atoms with Crippen LogP contribution >= 0.6 is 11.6 Å². The molecule has 0 unspecified atom stereocenters. The monoisotopic (exact) mass is 493 g/mol. The maximum Gasteiger partial charge on any atom is 0.225 e. The molecule has 1 aromatic carbocycles. The maximum absolute atomic E-state index is 14.5. The van der Waals surface area contributed by atoms with Gasteiger partial charge in [-0.1, -0.05) is 18.5 Å². The summed E-state index contributed by atoms with van der Waals surface area (Å²) in [6.45, 7) is 1.85.